The van der Waals surface area contributed by atoms with Gasteiger partial charge in [0, 0.05) is 6.21 Å². The molecule has 0 aliphatic rings. The highest BCUT2D eigenvalue weighted by Crippen LogP contribution is 2.24. The molecule has 0 radical (unpaired) electrons. The van der Waals surface area contributed by atoms with Crippen molar-refractivity contribution in [3.8, 4) is 0 Å². The molecule has 0 unspecified atom stereocenters. The minimum absolute atomic E-state index is 0.520. The third-order valence-corrected chi connectivity index (χ3v) is 3.35. The number of nitrogens with one attached hydrogen (secondary N) is 1. The van der Waals surface area contributed by atoms with Crippen LogP contribution >= 0.6 is 23.2 Å². The summed E-state index contributed by atoms with van der Waals surface area (Å²) in [6, 6.07) is 15.7. The number of benzene rings is 2. The summed E-state index contributed by atoms with van der Waals surface area (Å²) in [4.78, 5) is 0. The standard InChI is InChI=1S/C15H14Cl2N2/c16-14-9-8-13(11-15(14)17)19-18-10-4-7-12-5-2-1-3-6-12/h1-3,5-6,8-11,19H,4,7H2. The molecule has 19 heavy (non-hydrogen) atoms. The fraction of sp³-hybridized carbons (Fsp3) is 0.133. The molecule has 0 aromatic heterocycles. The first-order valence-corrected chi connectivity index (χ1v) is 6.78. The number of rotatable bonds is 5. The highest BCUT2D eigenvalue weighted by molar-refractivity contribution is 6.42. The van der Waals surface area contributed by atoms with Gasteiger partial charge in [-0.25, -0.2) is 0 Å². The van der Waals surface area contributed by atoms with E-state index in [-0.39, 0.29) is 0 Å². The lowest BCUT2D eigenvalue weighted by Gasteiger charge is -2.02. The van der Waals surface area contributed by atoms with Crippen LogP contribution in [0.4, 0.5) is 5.69 Å². The SMILES string of the molecule is Clc1ccc(NN=CCCc2ccccc2)cc1Cl. The number of hydrazone groups is 1. The molecule has 0 atom stereocenters. The zero-order chi connectivity index (χ0) is 13.5. The molecule has 0 spiro atoms. The summed E-state index contributed by atoms with van der Waals surface area (Å²) in [5.74, 6) is 0. The van der Waals surface area contributed by atoms with Crippen LogP contribution in [0.5, 0.6) is 0 Å². The minimum atomic E-state index is 0.520. The fourth-order valence-electron chi connectivity index (χ4n) is 1.63. The van der Waals surface area contributed by atoms with Gasteiger partial charge in [-0.05, 0) is 36.6 Å². The molecule has 4 heteroatoms. The van der Waals surface area contributed by atoms with E-state index >= 15 is 0 Å². The number of nitrogens with zero attached hydrogens (tertiary/aromatic N) is 1. The van der Waals surface area contributed by atoms with Gasteiger partial charge in [-0.2, -0.15) is 5.10 Å². The summed E-state index contributed by atoms with van der Waals surface area (Å²) >= 11 is 11.7. The van der Waals surface area contributed by atoms with Gasteiger partial charge in [-0.15, -0.1) is 0 Å². The molecule has 0 amide bonds. The van der Waals surface area contributed by atoms with E-state index in [9.17, 15) is 0 Å². The van der Waals surface area contributed by atoms with Gasteiger partial charge in [0.25, 0.3) is 0 Å². The van der Waals surface area contributed by atoms with Gasteiger partial charge in [-0.1, -0.05) is 53.5 Å². The largest absolute Gasteiger partial charge is 0.279 e. The van der Waals surface area contributed by atoms with Crippen LogP contribution in [0.2, 0.25) is 10.0 Å². The predicted octanol–water partition coefficient (Wildman–Crippen LogP) is 5.02. The second-order valence-corrected chi connectivity index (χ2v) is 4.89. The third kappa shape index (κ3) is 4.58. The normalized spacial score (nSPS) is 10.8. The topological polar surface area (TPSA) is 24.4 Å². The number of hydrogen-bond donors (Lipinski definition) is 1. The Kier molecular flexibility index (Phi) is 5.25. The van der Waals surface area contributed by atoms with Gasteiger partial charge >= 0.3 is 0 Å². The minimum Gasteiger partial charge on any atom is -0.279 e. The van der Waals surface area contributed by atoms with Crippen LogP contribution in [0, 0.1) is 0 Å². The molecule has 1 N–H and O–H groups in total. The van der Waals surface area contributed by atoms with E-state index in [1.165, 1.54) is 5.56 Å². The van der Waals surface area contributed by atoms with Crippen molar-refractivity contribution < 1.29 is 0 Å². The molecule has 2 aromatic rings. The summed E-state index contributed by atoms with van der Waals surface area (Å²) in [5.41, 5.74) is 5.06. The Bertz CT molecular complexity index is 553. The third-order valence-electron chi connectivity index (χ3n) is 2.61. The first kappa shape index (κ1) is 13.9. The van der Waals surface area contributed by atoms with Crippen molar-refractivity contribution in [1.82, 2.24) is 0 Å². The van der Waals surface area contributed by atoms with E-state index in [1.807, 2.05) is 30.5 Å². The molecule has 0 aliphatic carbocycles. The van der Waals surface area contributed by atoms with Crippen molar-refractivity contribution in [2.24, 2.45) is 5.10 Å². The van der Waals surface area contributed by atoms with Gasteiger partial charge in [0.1, 0.15) is 0 Å². The Balaban J connectivity index is 1.79. The summed E-state index contributed by atoms with van der Waals surface area (Å²) in [6.07, 6.45) is 3.72. The van der Waals surface area contributed by atoms with Crippen molar-refractivity contribution >= 4 is 35.1 Å². The van der Waals surface area contributed by atoms with Gasteiger partial charge < -0.3 is 0 Å². The maximum atomic E-state index is 5.91. The van der Waals surface area contributed by atoms with Crippen molar-refractivity contribution in [2.75, 3.05) is 5.43 Å². The molecule has 2 aromatic carbocycles. The molecule has 0 aliphatic heterocycles. The van der Waals surface area contributed by atoms with E-state index in [1.54, 1.807) is 12.1 Å². The molecule has 0 saturated heterocycles. The van der Waals surface area contributed by atoms with E-state index in [2.05, 4.69) is 22.7 Å². The van der Waals surface area contributed by atoms with Crippen LogP contribution in [-0.4, -0.2) is 6.21 Å². The van der Waals surface area contributed by atoms with Crippen molar-refractivity contribution in [3.05, 3.63) is 64.1 Å². The lowest BCUT2D eigenvalue weighted by molar-refractivity contribution is 1.05. The highest BCUT2D eigenvalue weighted by Gasteiger charge is 1.97. The molecule has 0 bridgehead atoms. The summed E-state index contributed by atoms with van der Waals surface area (Å²) in [5, 5.41) is 5.21. The van der Waals surface area contributed by atoms with Crippen LogP contribution in [0.3, 0.4) is 0 Å². The van der Waals surface area contributed by atoms with Crippen molar-refractivity contribution in [2.45, 2.75) is 12.8 Å². The first-order valence-electron chi connectivity index (χ1n) is 6.02. The lowest BCUT2D eigenvalue weighted by Crippen LogP contribution is -1.91. The van der Waals surface area contributed by atoms with Crippen molar-refractivity contribution in [1.29, 1.82) is 0 Å². The van der Waals surface area contributed by atoms with Gasteiger partial charge in [0.2, 0.25) is 0 Å². The Labute approximate surface area is 123 Å². The molecule has 0 heterocycles. The zero-order valence-electron chi connectivity index (χ0n) is 10.3. The second-order valence-electron chi connectivity index (χ2n) is 4.08. The first-order chi connectivity index (χ1) is 9.25. The number of halogens is 2. The van der Waals surface area contributed by atoms with E-state index < -0.39 is 0 Å². The number of aryl methyl sites for hydroxylation is 1. The molecular weight excluding hydrogens is 279 g/mol. The molecular formula is C15H14Cl2N2. The monoisotopic (exact) mass is 292 g/mol. The molecule has 0 saturated carbocycles. The maximum absolute atomic E-state index is 5.91. The van der Waals surface area contributed by atoms with Crippen LogP contribution in [-0.2, 0) is 6.42 Å². The molecule has 0 fully saturated rings. The average molecular weight is 293 g/mol. The van der Waals surface area contributed by atoms with Gasteiger partial charge in [0.15, 0.2) is 0 Å². The number of anilines is 1. The quantitative estimate of drug-likeness (QED) is 0.607. The second kappa shape index (κ2) is 7.17. The maximum Gasteiger partial charge on any atom is 0.0613 e. The van der Waals surface area contributed by atoms with Crippen LogP contribution < -0.4 is 5.43 Å². The lowest BCUT2D eigenvalue weighted by atomic mass is 10.1. The molecule has 2 rings (SSSR count). The molecule has 2 nitrogen and oxygen atoms in total. The smallest absolute Gasteiger partial charge is 0.0613 e. The van der Waals surface area contributed by atoms with E-state index in [4.69, 9.17) is 23.2 Å². The van der Waals surface area contributed by atoms with Gasteiger partial charge in [0.05, 0.1) is 15.7 Å². The van der Waals surface area contributed by atoms with Crippen LogP contribution in [0.15, 0.2) is 53.6 Å². The van der Waals surface area contributed by atoms with E-state index in [0.29, 0.717) is 10.0 Å². The Hall–Kier alpha value is -1.51. The summed E-state index contributed by atoms with van der Waals surface area (Å²) < 4.78 is 0. The highest BCUT2D eigenvalue weighted by atomic mass is 35.5. The number of hydrogen-bond acceptors (Lipinski definition) is 2. The summed E-state index contributed by atoms with van der Waals surface area (Å²) in [7, 11) is 0. The van der Waals surface area contributed by atoms with Gasteiger partial charge in [-0.3, -0.25) is 5.43 Å². The average Bonchev–Trinajstić information content (AvgIpc) is 2.43. The Morgan fingerprint density at radius 1 is 1.00 bits per heavy atom. The Morgan fingerprint density at radius 3 is 2.53 bits per heavy atom. The molecule has 98 valence electrons. The Morgan fingerprint density at radius 2 is 1.79 bits per heavy atom. The predicted molar refractivity (Wildman–Crippen MR) is 83.3 cm³/mol. The van der Waals surface area contributed by atoms with E-state index in [0.717, 1.165) is 18.5 Å². The zero-order valence-corrected chi connectivity index (χ0v) is 11.8. The van der Waals surface area contributed by atoms with Crippen LogP contribution in [0.25, 0.3) is 0 Å². The van der Waals surface area contributed by atoms with Crippen molar-refractivity contribution in [3.63, 3.8) is 0 Å². The van der Waals surface area contributed by atoms with Crippen LogP contribution in [0.1, 0.15) is 12.0 Å². The fourth-order valence-corrected chi connectivity index (χ4v) is 1.92. The summed E-state index contributed by atoms with van der Waals surface area (Å²) in [6.45, 7) is 0.